The molecule has 7 nitrogen and oxygen atoms in total. The number of carbonyl (C=O) groups is 1. The number of nitriles is 1. The SMILES string of the molecule is Cc1c(C(=O)N/N=C/c2ccc(F)cc2)nn(-c2ccc(F)cc2)c(=O)c1C#N. The topological polar surface area (TPSA) is 100 Å². The van der Waals surface area contributed by atoms with E-state index in [-0.39, 0.29) is 22.5 Å². The summed E-state index contributed by atoms with van der Waals surface area (Å²) >= 11 is 0. The first kappa shape index (κ1) is 19.6. The van der Waals surface area contributed by atoms with Crippen molar-refractivity contribution in [3.05, 3.63) is 92.9 Å². The van der Waals surface area contributed by atoms with Crippen molar-refractivity contribution in [2.24, 2.45) is 5.10 Å². The van der Waals surface area contributed by atoms with Crippen LogP contribution in [0.5, 0.6) is 0 Å². The van der Waals surface area contributed by atoms with E-state index >= 15 is 0 Å². The van der Waals surface area contributed by atoms with Gasteiger partial charge in [-0.2, -0.15) is 20.1 Å². The van der Waals surface area contributed by atoms with Gasteiger partial charge in [0.25, 0.3) is 11.5 Å². The smallest absolute Gasteiger partial charge is 0.266 e. The molecule has 3 aromatic rings. The molecule has 0 aliphatic heterocycles. The van der Waals surface area contributed by atoms with Crippen molar-refractivity contribution in [2.75, 3.05) is 0 Å². The van der Waals surface area contributed by atoms with Crippen LogP contribution in [-0.4, -0.2) is 21.9 Å². The number of nitrogens with zero attached hydrogens (tertiary/aromatic N) is 4. The monoisotopic (exact) mass is 393 g/mol. The molecule has 0 saturated carbocycles. The summed E-state index contributed by atoms with van der Waals surface area (Å²) in [5.74, 6) is -1.67. The first-order valence-electron chi connectivity index (χ1n) is 8.29. The van der Waals surface area contributed by atoms with E-state index in [4.69, 9.17) is 0 Å². The number of hydrogen-bond acceptors (Lipinski definition) is 5. The largest absolute Gasteiger partial charge is 0.292 e. The lowest BCUT2D eigenvalue weighted by molar-refractivity contribution is 0.0947. The van der Waals surface area contributed by atoms with Gasteiger partial charge < -0.3 is 0 Å². The molecule has 144 valence electrons. The number of rotatable bonds is 4. The van der Waals surface area contributed by atoms with E-state index in [9.17, 15) is 23.6 Å². The Kier molecular flexibility index (Phi) is 5.55. The highest BCUT2D eigenvalue weighted by Crippen LogP contribution is 2.11. The van der Waals surface area contributed by atoms with Gasteiger partial charge in [-0.15, -0.1) is 0 Å². The van der Waals surface area contributed by atoms with Gasteiger partial charge in [-0.25, -0.2) is 14.2 Å². The molecule has 0 aliphatic rings. The van der Waals surface area contributed by atoms with Gasteiger partial charge in [0, 0.05) is 5.56 Å². The third kappa shape index (κ3) is 4.22. The number of benzene rings is 2. The fourth-order valence-electron chi connectivity index (χ4n) is 2.48. The normalized spacial score (nSPS) is 10.7. The van der Waals surface area contributed by atoms with E-state index in [1.54, 1.807) is 6.07 Å². The maximum absolute atomic E-state index is 13.2. The van der Waals surface area contributed by atoms with Crippen molar-refractivity contribution in [1.29, 1.82) is 5.26 Å². The van der Waals surface area contributed by atoms with Crippen LogP contribution >= 0.6 is 0 Å². The Morgan fingerprint density at radius 1 is 1.14 bits per heavy atom. The number of nitrogens with one attached hydrogen (secondary N) is 1. The molecule has 2 aromatic carbocycles. The van der Waals surface area contributed by atoms with Crippen LogP contribution in [0, 0.1) is 29.9 Å². The van der Waals surface area contributed by atoms with Gasteiger partial charge in [0.15, 0.2) is 5.69 Å². The summed E-state index contributed by atoms with van der Waals surface area (Å²) in [5, 5.41) is 17.1. The molecule has 1 heterocycles. The summed E-state index contributed by atoms with van der Waals surface area (Å²) in [6.45, 7) is 1.42. The summed E-state index contributed by atoms with van der Waals surface area (Å²) in [4.78, 5) is 25.0. The lowest BCUT2D eigenvalue weighted by Gasteiger charge is -2.10. The van der Waals surface area contributed by atoms with Crippen LogP contribution in [0.4, 0.5) is 8.78 Å². The Balaban J connectivity index is 1.95. The molecule has 3 rings (SSSR count). The van der Waals surface area contributed by atoms with E-state index in [0.717, 1.165) is 16.8 Å². The van der Waals surface area contributed by atoms with E-state index in [0.29, 0.717) is 5.56 Å². The zero-order valence-electron chi connectivity index (χ0n) is 15.1. The average Bonchev–Trinajstić information content (AvgIpc) is 2.71. The molecule has 0 radical (unpaired) electrons. The summed E-state index contributed by atoms with van der Waals surface area (Å²) in [6.07, 6.45) is 1.30. The van der Waals surface area contributed by atoms with Crippen LogP contribution in [0.2, 0.25) is 0 Å². The number of hydrazone groups is 1. The van der Waals surface area contributed by atoms with Crippen molar-refractivity contribution in [3.8, 4) is 11.8 Å². The number of halogens is 2. The van der Waals surface area contributed by atoms with Crippen LogP contribution in [-0.2, 0) is 0 Å². The lowest BCUT2D eigenvalue weighted by Crippen LogP contribution is -2.31. The van der Waals surface area contributed by atoms with Gasteiger partial charge in [0.05, 0.1) is 11.9 Å². The zero-order valence-corrected chi connectivity index (χ0v) is 15.1. The maximum atomic E-state index is 13.2. The molecule has 1 amide bonds. The van der Waals surface area contributed by atoms with Crippen LogP contribution in [0.25, 0.3) is 5.69 Å². The van der Waals surface area contributed by atoms with E-state index < -0.39 is 23.1 Å². The maximum Gasteiger partial charge on any atom is 0.292 e. The molecular formula is C20H13F2N5O2. The van der Waals surface area contributed by atoms with Crippen LogP contribution in [0.1, 0.15) is 27.2 Å². The first-order chi connectivity index (χ1) is 13.9. The quantitative estimate of drug-likeness (QED) is 0.544. The lowest BCUT2D eigenvalue weighted by atomic mass is 10.1. The second kappa shape index (κ2) is 8.22. The molecule has 9 heteroatoms. The highest BCUT2D eigenvalue weighted by atomic mass is 19.1. The molecule has 0 fully saturated rings. The fourth-order valence-corrected chi connectivity index (χ4v) is 2.48. The minimum absolute atomic E-state index is 0.0883. The number of amides is 1. The molecule has 0 unspecified atom stereocenters. The van der Waals surface area contributed by atoms with Gasteiger partial charge in [0.1, 0.15) is 23.3 Å². The predicted octanol–water partition coefficient (Wildman–Crippen LogP) is 2.45. The van der Waals surface area contributed by atoms with Gasteiger partial charge in [-0.1, -0.05) is 12.1 Å². The molecule has 1 aromatic heterocycles. The Bertz CT molecular complexity index is 1190. The molecular weight excluding hydrogens is 380 g/mol. The standard InChI is InChI=1S/C20H13F2N5O2/c1-12-17(10-23)20(29)27(16-8-6-15(22)7-9-16)26-18(12)19(28)25-24-11-13-2-4-14(21)5-3-13/h2-9,11H,1H3,(H,25,28)/b24-11+. The van der Waals surface area contributed by atoms with Crippen molar-refractivity contribution in [1.82, 2.24) is 15.2 Å². The third-order valence-corrected chi connectivity index (χ3v) is 3.98. The minimum atomic E-state index is -0.756. The van der Waals surface area contributed by atoms with Gasteiger partial charge in [-0.05, 0) is 48.9 Å². The van der Waals surface area contributed by atoms with Crippen molar-refractivity contribution < 1.29 is 13.6 Å². The summed E-state index contributed by atoms with van der Waals surface area (Å²) in [6, 6.07) is 12.0. The van der Waals surface area contributed by atoms with Gasteiger partial charge >= 0.3 is 0 Å². The second-order valence-corrected chi connectivity index (χ2v) is 5.90. The summed E-state index contributed by atoms with van der Waals surface area (Å²) in [7, 11) is 0. The summed E-state index contributed by atoms with van der Waals surface area (Å²) in [5.41, 5.74) is 1.88. The van der Waals surface area contributed by atoms with Crippen molar-refractivity contribution >= 4 is 12.1 Å². The Morgan fingerprint density at radius 2 is 1.72 bits per heavy atom. The second-order valence-electron chi connectivity index (χ2n) is 5.90. The Labute approximate surface area is 163 Å². The molecule has 0 spiro atoms. The van der Waals surface area contributed by atoms with E-state index in [2.05, 4.69) is 15.6 Å². The Hall–Kier alpha value is -4.19. The molecule has 0 bridgehead atoms. The first-order valence-corrected chi connectivity index (χ1v) is 8.29. The van der Waals surface area contributed by atoms with Crippen molar-refractivity contribution in [3.63, 3.8) is 0 Å². The predicted molar refractivity (Wildman–Crippen MR) is 101 cm³/mol. The van der Waals surface area contributed by atoms with Crippen molar-refractivity contribution in [2.45, 2.75) is 6.92 Å². The van der Waals surface area contributed by atoms with Crippen LogP contribution in [0.15, 0.2) is 58.4 Å². The highest BCUT2D eigenvalue weighted by Gasteiger charge is 2.20. The fraction of sp³-hybridized carbons (Fsp3) is 0.0500. The van der Waals surface area contributed by atoms with Gasteiger partial charge in [-0.3, -0.25) is 9.59 Å². The van der Waals surface area contributed by atoms with Crippen LogP contribution in [0.3, 0.4) is 0 Å². The molecule has 0 aliphatic carbocycles. The zero-order chi connectivity index (χ0) is 21.0. The van der Waals surface area contributed by atoms with Crippen LogP contribution < -0.4 is 11.0 Å². The average molecular weight is 393 g/mol. The summed E-state index contributed by atoms with van der Waals surface area (Å²) < 4.78 is 26.9. The minimum Gasteiger partial charge on any atom is -0.266 e. The molecule has 0 atom stereocenters. The molecule has 0 saturated heterocycles. The van der Waals surface area contributed by atoms with E-state index in [1.165, 1.54) is 49.5 Å². The third-order valence-electron chi connectivity index (χ3n) is 3.98. The van der Waals surface area contributed by atoms with Gasteiger partial charge in [0.2, 0.25) is 0 Å². The molecule has 1 N–H and O–H groups in total. The highest BCUT2D eigenvalue weighted by molar-refractivity contribution is 5.94. The number of aromatic nitrogens is 2. The Morgan fingerprint density at radius 3 is 2.31 bits per heavy atom. The number of carbonyl (C=O) groups excluding carboxylic acids is 1. The number of hydrogen-bond donors (Lipinski definition) is 1. The molecule has 29 heavy (non-hydrogen) atoms. The van der Waals surface area contributed by atoms with E-state index in [1.807, 2.05) is 0 Å².